The van der Waals surface area contributed by atoms with Crippen LogP contribution in [0.3, 0.4) is 0 Å². The van der Waals surface area contributed by atoms with Crippen molar-refractivity contribution in [3.8, 4) is 0 Å². The lowest BCUT2D eigenvalue weighted by Gasteiger charge is -2.32. The first-order valence-corrected chi connectivity index (χ1v) is 8.06. The van der Waals surface area contributed by atoms with Gasteiger partial charge in [0.25, 0.3) is 0 Å². The molecule has 0 bridgehead atoms. The van der Waals surface area contributed by atoms with Crippen molar-refractivity contribution in [3.05, 3.63) is 29.3 Å². The third-order valence-electron chi connectivity index (χ3n) is 3.79. The Morgan fingerprint density at radius 2 is 2.00 bits per heavy atom. The normalized spacial score (nSPS) is 24.2. The highest BCUT2D eigenvalue weighted by molar-refractivity contribution is 8.00. The predicted molar refractivity (Wildman–Crippen MR) is 81.5 cm³/mol. The summed E-state index contributed by atoms with van der Waals surface area (Å²) in [4.78, 5) is 1.48. The molecule has 0 aromatic heterocycles. The summed E-state index contributed by atoms with van der Waals surface area (Å²) in [6, 6.07) is 7.51. The first kappa shape index (κ1) is 14.0. The third kappa shape index (κ3) is 3.52. The van der Waals surface area contributed by atoms with Crippen LogP contribution in [-0.4, -0.2) is 17.8 Å². The molecule has 0 saturated heterocycles. The van der Waals surface area contributed by atoms with Crippen LogP contribution < -0.4 is 5.32 Å². The summed E-state index contributed by atoms with van der Waals surface area (Å²) in [5, 5.41) is 4.42. The van der Waals surface area contributed by atoms with Crippen molar-refractivity contribution in [2.75, 3.05) is 6.54 Å². The average Bonchev–Trinajstić information content (AvgIpc) is 2.36. The van der Waals surface area contributed by atoms with Gasteiger partial charge in [-0.05, 0) is 44.9 Å². The Morgan fingerprint density at radius 1 is 1.22 bits per heavy atom. The summed E-state index contributed by atoms with van der Waals surface area (Å²) in [6.07, 6.45) is 5.48. The monoisotopic (exact) mass is 263 g/mol. The van der Waals surface area contributed by atoms with Gasteiger partial charge in [0.2, 0.25) is 0 Å². The van der Waals surface area contributed by atoms with E-state index >= 15 is 0 Å². The maximum Gasteiger partial charge on any atom is 0.0248 e. The molecule has 1 aliphatic carbocycles. The van der Waals surface area contributed by atoms with E-state index in [4.69, 9.17) is 0 Å². The quantitative estimate of drug-likeness (QED) is 0.868. The SMILES string of the molecule is CCNC1CCCCC1Sc1cc(C)ccc1C. The molecule has 1 nitrogen and oxygen atoms in total. The number of benzene rings is 1. The molecule has 1 fully saturated rings. The van der Waals surface area contributed by atoms with Crippen molar-refractivity contribution < 1.29 is 0 Å². The Bertz CT molecular complexity index is 387. The highest BCUT2D eigenvalue weighted by Crippen LogP contribution is 2.35. The molecular weight excluding hydrogens is 238 g/mol. The Morgan fingerprint density at radius 3 is 2.78 bits per heavy atom. The van der Waals surface area contributed by atoms with Crippen LogP contribution in [0.5, 0.6) is 0 Å². The van der Waals surface area contributed by atoms with E-state index in [1.54, 1.807) is 0 Å². The molecule has 1 saturated carbocycles. The lowest BCUT2D eigenvalue weighted by Crippen LogP contribution is -2.40. The summed E-state index contributed by atoms with van der Waals surface area (Å²) < 4.78 is 0. The van der Waals surface area contributed by atoms with E-state index in [9.17, 15) is 0 Å². The number of hydrogen-bond donors (Lipinski definition) is 1. The molecule has 1 N–H and O–H groups in total. The third-order valence-corrected chi connectivity index (χ3v) is 5.35. The fraction of sp³-hybridized carbons (Fsp3) is 0.625. The summed E-state index contributed by atoms with van der Waals surface area (Å²) in [6.45, 7) is 7.72. The van der Waals surface area contributed by atoms with Gasteiger partial charge in [0.05, 0.1) is 0 Å². The van der Waals surface area contributed by atoms with E-state index in [0.717, 1.165) is 11.8 Å². The molecule has 1 aromatic carbocycles. The number of thioether (sulfide) groups is 1. The maximum absolute atomic E-state index is 3.67. The molecule has 1 aromatic rings. The minimum atomic E-state index is 0.702. The van der Waals surface area contributed by atoms with Crippen LogP contribution in [0.2, 0.25) is 0 Å². The lowest BCUT2D eigenvalue weighted by atomic mass is 9.95. The average molecular weight is 263 g/mol. The van der Waals surface area contributed by atoms with E-state index in [1.165, 1.54) is 41.7 Å². The van der Waals surface area contributed by atoms with Crippen LogP contribution in [0.15, 0.2) is 23.1 Å². The smallest absolute Gasteiger partial charge is 0.0248 e. The van der Waals surface area contributed by atoms with Crippen molar-refractivity contribution in [2.45, 2.75) is 62.6 Å². The van der Waals surface area contributed by atoms with Crippen LogP contribution >= 0.6 is 11.8 Å². The maximum atomic E-state index is 3.67. The second kappa shape index (κ2) is 6.63. The minimum Gasteiger partial charge on any atom is -0.313 e. The molecule has 1 aliphatic rings. The van der Waals surface area contributed by atoms with E-state index < -0.39 is 0 Å². The topological polar surface area (TPSA) is 12.0 Å². The molecule has 18 heavy (non-hydrogen) atoms. The molecule has 2 unspecified atom stereocenters. The Labute approximate surface area is 116 Å². The molecule has 0 radical (unpaired) electrons. The van der Waals surface area contributed by atoms with Gasteiger partial charge in [-0.2, -0.15) is 0 Å². The second-order valence-corrected chi connectivity index (χ2v) is 6.65. The summed E-state index contributed by atoms with van der Waals surface area (Å²) in [7, 11) is 0. The zero-order valence-corrected chi connectivity index (χ0v) is 12.6. The van der Waals surface area contributed by atoms with Crippen LogP contribution in [0.4, 0.5) is 0 Å². The highest BCUT2D eigenvalue weighted by atomic mass is 32.2. The zero-order valence-electron chi connectivity index (χ0n) is 11.8. The first-order chi connectivity index (χ1) is 8.70. The van der Waals surface area contributed by atoms with Crippen molar-refractivity contribution >= 4 is 11.8 Å². The van der Waals surface area contributed by atoms with E-state index in [1.807, 2.05) is 0 Å². The minimum absolute atomic E-state index is 0.702. The van der Waals surface area contributed by atoms with Crippen LogP contribution in [-0.2, 0) is 0 Å². The molecule has 0 aliphatic heterocycles. The lowest BCUT2D eigenvalue weighted by molar-refractivity contribution is 0.391. The van der Waals surface area contributed by atoms with Gasteiger partial charge in [0.15, 0.2) is 0 Å². The van der Waals surface area contributed by atoms with Crippen LogP contribution in [0.1, 0.15) is 43.7 Å². The fourth-order valence-corrected chi connectivity index (χ4v) is 4.25. The Kier molecular flexibility index (Phi) is 5.13. The molecular formula is C16H25NS. The molecule has 0 amide bonds. The summed E-state index contributed by atoms with van der Waals surface area (Å²) >= 11 is 2.09. The number of hydrogen-bond acceptors (Lipinski definition) is 2. The van der Waals surface area contributed by atoms with E-state index in [0.29, 0.717) is 6.04 Å². The molecule has 2 rings (SSSR count). The summed E-state index contributed by atoms with van der Waals surface area (Å²) in [5.74, 6) is 0. The number of nitrogens with one attached hydrogen (secondary N) is 1. The predicted octanol–water partition coefficient (Wildman–Crippen LogP) is 4.32. The van der Waals surface area contributed by atoms with Gasteiger partial charge in [0.1, 0.15) is 0 Å². The Hall–Kier alpha value is -0.470. The standard InChI is InChI=1S/C16H25NS/c1-4-17-14-7-5-6-8-15(14)18-16-11-12(2)9-10-13(16)3/h9-11,14-15,17H,4-8H2,1-3H3. The number of aryl methyl sites for hydroxylation is 2. The molecule has 2 heteroatoms. The van der Waals surface area contributed by atoms with Gasteiger partial charge < -0.3 is 5.32 Å². The largest absolute Gasteiger partial charge is 0.313 e. The fourth-order valence-electron chi connectivity index (χ4n) is 2.73. The molecule has 100 valence electrons. The molecule has 2 atom stereocenters. The zero-order chi connectivity index (χ0) is 13.0. The first-order valence-electron chi connectivity index (χ1n) is 7.18. The van der Waals surface area contributed by atoms with E-state index in [2.05, 4.69) is 56.0 Å². The van der Waals surface area contributed by atoms with Gasteiger partial charge in [-0.1, -0.05) is 37.5 Å². The van der Waals surface area contributed by atoms with Crippen LogP contribution in [0.25, 0.3) is 0 Å². The van der Waals surface area contributed by atoms with Crippen molar-refractivity contribution in [3.63, 3.8) is 0 Å². The van der Waals surface area contributed by atoms with Gasteiger partial charge in [0, 0.05) is 16.2 Å². The van der Waals surface area contributed by atoms with Crippen molar-refractivity contribution in [1.82, 2.24) is 5.32 Å². The van der Waals surface area contributed by atoms with Gasteiger partial charge in [-0.25, -0.2) is 0 Å². The molecule has 0 heterocycles. The van der Waals surface area contributed by atoms with E-state index in [-0.39, 0.29) is 0 Å². The van der Waals surface area contributed by atoms with Crippen molar-refractivity contribution in [1.29, 1.82) is 0 Å². The van der Waals surface area contributed by atoms with Gasteiger partial charge in [-0.3, -0.25) is 0 Å². The number of rotatable bonds is 4. The molecule has 0 spiro atoms. The summed E-state index contributed by atoms with van der Waals surface area (Å²) in [5.41, 5.74) is 2.80. The van der Waals surface area contributed by atoms with Crippen LogP contribution in [0, 0.1) is 13.8 Å². The Balaban J connectivity index is 2.08. The van der Waals surface area contributed by atoms with Crippen molar-refractivity contribution in [2.24, 2.45) is 0 Å². The van der Waals surface area contributed by atoms with Gasteiger partial charge >= 0.3 is 0 Å². The van der Waals surface area contributed by atoms with Gasteiger partial charge in [-0.15, -0.1) is 11.8 Å². The second-order valence-electron chi connectivity index (χ2n) is 5.37. The highest BCUT2D eigenvalue weighted by Gasteiger charge is 2.25.